The van der Waals surface area contributed by atoms with Gasteiger partial charge in [-0.1, -0.05) is 6.08 Å². The Morgan fingerprint density at radius 1 is 1.80 bits per heavy atom. The van der Waals surface area contributed by atoms with Gasteiger partial charge in [0.15, 0.2) is 0 Å². The van der Waals surface area contributed by atoms with Crippen molar-refractivity contribution in [2.24, 2.45) is 0 Å². The number of halogens is 1. The van der Waals surface area contributed by atoms with Crippen molar-refractivity contribution >= 4 is 27.3 Å². The Balaban J connectivity index is 2.86. The van der Waals surface area contributed by atoms with Gasteiger partial charge < -0.3 is 0 Å². The third kappa shape index (κ3) is 1.70. The average Bonchev–Trinajstić information content (AvgIpc) is 2.14. The van der Waals surface area contributed by atoms with Gasteiger partial charge in [0.25, 0.3) is 0 Å². The monoisotopic (exact) mass is 216 g/mol. The maximum Gasteiger partial charge on any atom is 0.0730 e. The summed E-state index contributed by atoms with van der Waals surface area (Å²) in [7, 11) is 0. The van der Waals surface area contributed by atoms with Crippen LogP contribution < -0.4 is 0 Å². The lowest BCUT2D eigenvalue weighted by atomic mass is 10.3. The molecule has 1 rings (SSSR count). The third-order valence-electron chi connectivity index (χ3n) is 1.25. The van der Waals surface area contributed by atoms with Gasteiger partial charge in [-0.2, -0.15) is 0 Å². The normalized spacial score (nSPS) is 9.80. The maximum absolute atomic E-state index is 3.69. The summed E-state index contributed by atoms with van der Waals surface area (Å²) < 4.78 is 1.24. The van der Waals surface area contributed by atoms with E-state index in [1.807, 2.05) is 6.08 Å². The highest BCUT2D eigenvalue weighted by atomic mass is 79.9. The standard InChI is InChI=1S/C8H9BrS/c1-3-4-7-5-6(2)8(9)10-7/h3,5H,1,4H2,2H3. The van der Waals surface area contributed by atoms with E-state index in [9.17, 15) is 0 Å². The fraction of sp³-hybridized carbons (Fsp3) is 0.250. The summed E-state index contributed by atoms with van der Waals surface area (Å²) in [5.41, 5.74) is 1.32. The van der Waals surface area contributed by atoms with Gasteiger partial charge in [-0.05, 0) is 40.9 Å². The summed E-state index contributed by atoms with van der Waals surface area (Å²) in [5, 5.41) is 0. The second kappa shape index (κ2) is 3.35. The van der Waals surface area contributed by atoms with E-state index < -0.39 is 0 Å². The predicted octanol–water partition coefficient (Wildman–Crippen LogP) is 3.55. The molecule has 0 atom stereocenters. The van der Waals surface area contributed by atoms with E-state index in [1.165, 1.54) is 14.2 Å². The van der Waals surface area contributed by atoms with Crippen molar-refractivity contribution in [1.82, 2.24) is 0 Å². The molecule has 0 fully saturated rings. The van der Waals surface area contributed by atoms with E-state index in [1.54, 1.807) is 11.3 Å². The van der Waals surface area contributed by atoms with Crippen LogP contribution in [-0.2, 0) is 6.42 Å². The number of thiophene rings is 1. The molecule has 0 aliphatic heterocycles. The average molecular weight is 217 g/mol. The first kappa shape index (κ1) is 8.02. The number of allylic oxidation sites excluding steroid dienone is 1. The number of hydrogen-bond acceptors (Lipinski definition) is 1. The number of rotatable bonds is 2. The molecule has 0 nitrogen and oxygen atoms in total. The fourth-order valence-electron chi connectivity index (χ4n) is 0.766. The Morgan fingerprint density at radius 3 is 2.90 bits per heavy atom. The Bertz CT molecular complexity index is 218. The Morgan fingerprint density at radius 2 is 2.50 bits per heavy atom. The van der Waals surface area contributed by atoms with Crippen LogP contribution in [0.3, 0.4) is 0 Å². The first-order valence-electron chi connectivity index (χ1n) is 3.09. The molecule has 0 aliphatic carbocycles. The Kier molecular flexibility index (Phi) is 2.69. The zero-order chi connectivity index (χ0) is 7.56. The lowest BCUT2D eigenvalue weighted by Crippen LogP contribution is -1.68. The van der Waals surface area contributed by atoms with E-state index in [0.717, 1.165) is 6.42 Å². The van der Waals surface area contributed by atoms with E-state index in [4.69, 9.17) is 0 Å². The molecule has 0 aromatic carbocycles. The molecule has 1 aromatic rings. The summed E-state index contributed by atoms with van der Waals surface area (Å²) in [6.45, 7) is 5.79. The fourth-order valence-corrected chi connectivity index (χ4v) is 2.39. The lowest BCUT2D eigenvalue weighted by Gasteiger charge is -1.82. The molecular formula is C8H9BrS. The molecule has 0 aliphatic rings. The summed E-state index contributed by atoms with van der Waals surface area (Å²) in [5.74, 6) is 0. The smallest absolute Gasteiger partial charge is 0.0730 e. The van der Waals surface area contributed by atoms with Gasteiger partial charge in [-0.3, -0.25) is 0 Å². The predicted molar refractivity (Wildman–Crippen MR) is 50.7 cm³/mol. The lowest BCUT2D eigenvalue weighted by molar-refractivity contribution is 1.34. The quantitative estimate of drug-likeness (QED) is 0.664. The van der Waals surface area contributed by atoms with Gasteiger partial charge >= 0.3 is 0 Å². The highest BCUT2D eigenvalue weighted by Crippen LogP contribution is 2.27. The zero-order valence-electron chi connectivity index (χ0n) is 5.86. The van der Waals surface area contributed by atoms with Gasteiger partial charge in [0.1, 0.15) is 0 Å². The van der Waals surface area contributed by atoms with Crippen LogP contribution in [-0.4, -0.2) is 0 Å². The van der Waals surface area contributed by atoms with Crippen LogP contribution >= 0.6 is 27.3 Å². The molecular weight excluding hydrogens is 208 g/mol. The van der Waals surface area contributed by atoms with E-state index in [2.05, 4.69) is 35.5 Å². The van der Waals surface area contributed by atoms with Gasteiger partial charge in [0, 0.05) is 4.88 Å². The minimum atomic E-state index is 0.983. The number of hydrogen-bond donors (Lipinski definition) is 0. The van der Waals surface area contributed by atoms with Crippen molar-refractivity contribution in [3.8, 4) is 0 Å². The van der Waals surface area contributed by atoms with Gasteiger partial charge in [0.2, 0.25) is 0 Å². The van der Waals surface area contributed by atoms with Crippen molar-refractivity contribution < 1.29 is 0 Å². The summed E-state index contributed by atoms with van der Waals surface area (Å²) in [6.07, 6.45) is 2.91. The Labute approximate surface area is 73.7 Å². The first-order chi connectivity index (χ1) is 4.74. The molecule has 2 heteroatoms. The summed E-state index contributed by atoms with van der Waals surface area (Å²) in [6, 6.07) is 2.19. The molecule has 0 amide bonds. The van der Waals surface area contributed by atoms with E-state index in [0.29, 0.717) is 0 Å². The van der Waals surface area contributed by atoms with Crippen LogP contribution in [0.2, 0.25) is 0 Å². The SMILES string of the molecule is C=CCc1cc(C)c(Br)s1. The Hall–Kier alpha value is -0.0800. The van der Waals surface area contributed by atoms with Crippen molar-refractivity contribution in [2.45, 2.75) is 13.3 Å². The molecule has 0 bridgehead atoms. The molecule has 0 saturated heterocycles. The van der Waals surface area contributed by atoms with Crippen LogP contribution in [0.5, 0.6) is 0 Å². The van der Waals surface area contributed by atoms with Crippen LogP contribution in [0, 0.1) is 6.92 Å². The van der Waals surface area contributed by atoms with Crippen LogP contribution in [0.1, 0.15) is 10.4 Å². The van der Waals surface area contributed by atoms with Gasteiger partial charge in [0.05, 0.1) is 3.79 Å². The van der Waals surface area contributed by atoms with Crippen molar-refractivity contribution in [3.63, 3.8) is 0 Å². The molecule has 54 valence electrons. The highest BCUT2D eigenvalue weighted by Gasteiger charge is 1.99. The molecule has 0 spiro atoms. The molecule has 0 unspecified atom stereocenters. The minimum absolute atomic E-state index is 0.983. The van der Waals surface area contributed by atoms with E-state index >= 15 is 0 Å². The van der Waals surface area contributed by atoms with E-state index in [-0.39, 0.29) is 0 Å². The van der Waals surface area contributed by atoms with Crippen LogP contribution in [0.15, 0.2) is 22.5 Å². The highest BCUT2D eigenvalue weighted by molar-refractivity contribution is 9.11. The van der Waals surface area contributed by atoms with Crippen LogP contribution in [0.4, 0.5) is 0 Å². The number of aryl methyl sites for hydroxylation is 1. The maximum atomic E-state index is 3.69. The van der Waals surface area contributed by atoms with Gasteiger partial charge in [-0.15, -0.1) is 17.9 Å². The molecule has 10 heavy (non-hydrogen) atoms. The van der Waals surface area contributed by atoms with Crippen molar-refractivity contribution in [1.29, 1.82) is 0 Å². The van der Waals surface area contributed by atoms with Crippen molar-refractivity contribution in [3.05, 3.63) is 32.9 Å². The zero-order valence-corrected chi connectivity index (χ0v) is 8.26. The first-order valence-corrected chi connectivity index (χ1v) is 4.70. The molecule has 0 N–H and O–H groups in total. The third-order valence-corrected chi connectivity index (χ3v) is 3.41. The minimum Gasteiger partial charge on any atom is -0.133 e. The molecule has 1 aromatic heterocycles. The van der Waals surface area contributed by atoms with Crippen LogP contribution in [0.25, 0.3) is 0 Å². The largest absolute Gasteiger partial charge is 0.133 e. The van der Waals surface area contributed by atoms with Gasteiger partial charge in [-0.25, -0.2) is 0 Å². The second-order valence-corrected chi connectivity index (χ2v) is 4.62. The summed E-state index contributed by atoms with van der Waals surface area (Å²) >= 11 is 5.25. The summed E-state index contributed by atoms with van der Waals surface area (Å²) in [4.78, 5) is 1.37. The van der Waals surface area contributed by atoms with Crippen molar-refractivity contribution in [2.75, 3.05) is 0 Å². The second-order valence-electron chi connectivity index (χ2n) is 2.16. The molecule has 0 saturated carbocycles. The topological polar surface area (TPSA) is 0 Å². The molecule has 1 heterocycles. The molecule has 0 radical (unpaired) electrons.